The topological polar surface area (TPSA) is 43.4 Å². The molecule has 0 amide bonds. The SMILES string of the molecule is CCC(=O)C(C)SCC1(CC(=O)OC)CC1. The first kappa shape index (κ1) is 13.6. The zero-order chi connectivity index (χ0) is 12.2. The fourth-order valence-corrected chi connectivity index (χ4v) is 2.96. The minimum absolute atomic E-state index is 0.0557. The van der Waals surface area contributed by atoms with E-state index in [1.165, 1.54) is 7.11 Å². The molecule has 1 rings (SSSR count). The van der Waals surface area contributed by atoms with Crippen molar-refractivity contribution in [3.8, 4) is 0 Å². The van der Waals surface area contributed by atoms with Crippen LogP contribution in [-0.2, 0) is 14.3 Å². The molecule has 1 saturated carbocycles. The van der Waals surface area contributed by atoms with E-state index in [0.29, 0.717) is 18.6 Å². The summed E-state index contributed by atoms with van der Waals surface area (Å²) < 4.78 is 4.69. The second kappa shape index (κ2) is 5.71. The highest BCUT2D eigenvalue weighted by molar-refractivity contribution is 8.00. The standard InChI is InChI=1S/C12H20O3S/c1-4-10(13)9(2)16-8-12(5-6-12)7-11(14)15-3/h9H,4-8H2,1-3H3. The highest BCUT2D eigenvalue weighted by atomic mass is 32.2. The molecule has 0 N–H and O–H groups in total. The van der Waals surface area contributed by atoms with Gasteiger partial charge in [-0.2, -0.15) is 11.8 Å². The van der Waals surface area contributed by atoms with Gasteiger partial charge in [0.2, 0.25) is 0 Å². The van der Waals surface area contributed by atoms with Crippen LogP contribution in [0.3, 0.4) is 0 Å². The van der Waals surface area contributed by atoms with Crippen molar-refractivity contribution >= 4 is 23.5 Å². The van der Waals surface area contributed by atoms with Crippen LogP contribution in [0.5, 0.6) is 0 Å². The van der Waals surface area contributed by atoms with E-state index in [0.717, 1.165) is 18.6 Å². The van der Waals surface area contributed by atoms with Gasteiger partial charge in [-0.3, -0.25) is 9.59 Å². The van der Waals surface area contributed by atoms with Crippen LogP contribution < -0.4 is 0 Å². The first-order chi connectivity index (χ1) is 7.53. The first-order valence-electron chi connectivity index (χ1n) is 5.74. The number of carbonyl (C=O) groups excluding carboxylic acids is 2. The Morgan fingerprint density at radius 2 is 2.06 bits per heavy atom. The van der Waals surface area contributed by atoms with E-state index in [9.17, 15) is 9.59 Å². The maximum Gasteiger partial charge on any atom is 0.306 e. The monoisotopic (exact) mass is 244 g/mol. The summed E-state index contributed by atoms with van der Waals surface area (Å²) in [4.78, 5) is 22.6. The van der Waals surface area contributed by atoms with Crippen molar-refractivity contribution < 1.29 is 14.3 Å². The number of Topliss-reactive ketones (excluding diaryl/α,β-unsaturated/α-hetero) is 1. The largest absolute Gasteiger partial charge is 0.469 e. The predicted octanol–water partition coefficient (Wildman–Crippen LogP) is 2.43. The molecule has 0 radical (unpaired) electrons. The van der Waals surface area contributed by atoms with Gasteiger partial charge in [-0.1, -0.05) is 6.92 Å². The van der Waals surface area contributed by atoms with Gasteiger partial charge in [0.15, 0.2) is 0 Å². The molecule has 1 unspecified atom stereocenters. The molecule has 0 heterocycles. The Kier molecular flexibility index (Phi) is 4.84. The van der Waals surface area contributed by atoms with E-state index in [4.69, 9.17) is 0 Å². The lowest BCUT2D eigenvalue weighted by Gasteiger charge is -2.15. The third kappa shape index (κ3) is 3.81. The Labute approximate surface area is 101 Å². The molecule has 0 aliphatic heterocycles. The van der Waals surface area contributed by atoms with Crippen molar-refractivity contribution in [2.45, 2.75) is 44.8 Å². The Bertz CT molecular complexity index is 271. The minimum Gasteiger partial charge on any atom is -0.469 e. The van der Waals surface area contributed by atoms with E-state index < -0.39 is 0 Å². The lowest BCUT2D eigenvalue weighted by Crippen LogP contribution is -2.18. The molecule has 0 saturated heterocycles. The van der Waals surface area contributed by atoms with Gasteiger partial charge < -0.3 is 4.74 Å². The molecular formula is C12H20O3S. The van der Waals surface area contributed by atoms with E-state index in [1.54, 1.807) is 11.8 Å². The lowest BCUT2D eigenvalue weighted by molar-refractivity contribution is -0.141. The molecule has 0 aromatic rings. The number of esters is 1. The van der Waals surface area contributed by atoms with Crippen LogP contribution in [0.4, 0.5) is 0 Å². The molecule has 92 valence electrons. The van der Waals surface area contributed by atoms with E-state index >= 15 is 0 Å². The second-order valence-electron chi connectivity index (χ2n) is 4.53. The van der Waals surface area contributed by atoms with Crippen molar-refractivity contribution in [2.24, 2.45) is 5.41 Å². The number of ether oxygens (including phenoxy) is 1. The van der Waals surface area contributed by atoms with Crippen LogP contribution in [-0.4, -0.2) is 29.9 Å². The third-order valence-corrected chi connectivity index (χ3v) is 4.69. The molecule has 0 aromatic carbocycles. The third-order valence-electron chi connectivity index (χ3n) is 3.15. The number of rotatable bonds is 7. The average molecular weight is 244 g/mol. The fourth-order valence-electron chi connectivity index (χ4n) is 1.61. The summed E-state index contributed by atoms with van der Waals surface area (Å²) in [5, 5.41) is 0.0557. The molecule has 3 nitrogen and oxygen atoms in total. The maximum atomic E-state index is 11.4. The van der Waals surface area contributed by atoms with E-state index in [2.05, 4.69) is 4.74 Å². The average Bonchev–Trinajstić information content (AvgIpc) is 3.05. The Morgan fingerprint density at radius 3 is 2.50 bits per heavy atom. The van der Waals surface area contributed by atoms with Gasteiger partial charge in [-0.25, -0.2) is 0 Å². The zero-order valence-electron chi connectivity index (χ0n) is 10.2. The highest BCUT2D eigenvalue weighted by Crippen LogP contribution is 2.51. The lowest BCUT2D eigenvalue weighted by atomic mass is 10.1. The van der Waals surface area contributed by atoms with Gasteiger partial charge in [-0.05, 0) is 25.2 Å². The minimum atomic E-state index is -0.132. The Hall–Kier alpha value is -0.510. The van der Waals surface area contributed by atoms with Crippen molar-refractivity contribution in [3.05, 3.63) is 0 Å². The van der Waals surface area contributed by atoms with Gasteiger partial charge in [0, 0.05) is 12.2 Å². The smallest absolute Gasteiger partial charge is 0.306 e. The zero-order valence-corrected chi connectivity index (χ0v) is 11.1. The van der Waals surface area contributed by atoms with Crippen LogP contribution in [0.15, 0.2) is 0 Å². The fraction of sp³-hybridized carbons (Fsp3) is 0.833. The van der Waals surface area contributed by atoms with Crippen LogP contribution in [0.1, 0.15) is 39.5 Å². The number of ketones is 1. The number of thioether (sulfide) groups is 1. The summed E-state index contributed by atoms with van der Waals surface area (Å²) >= 11 is 1.67. The predicted molar refractivity (Wildman–Crippen MR) is 65.5 cm³/mol. The van der Waals surface area contributed by atoms with Crippen molar-refractivity contribution in [1.82, 2.24) is 0 Å². The first-order valence-corrected chi connectivity index (χ1v) is 6.79. The quantitative estimate of drug-likeness (QED) is 0.645. The van der Waals surface area contributed by atoms with E-state index in [1.807, 2.05) is 13.8 Å². The summed E-state index contributed by atoms with van der Waals surface area (Å²) in [6.07, 6.45) is 3.27. The normalized spacial score (nSPS) is 18.9. The second-order valence-corrected chi connectivity index (χ2v) is 5.86. The number of hydrogen-bond acceptors (Lipinski definition) is 4. The molecule has 0 aromatic heterocycles. The van der Waals surface area contributed by atoms with Crippen LogP contribution in [0, 0.1) is 5.41 Å². The summed E-state index contributed by atoms with van der Waals surface area (Å²) in [7, 11) is 1.43. The van der Waals surface area contributed by atoms with Gasteiger partial charge in [0.05, 0.1) is 18.8 Å². The number of hydrogen-bond donors (Lipinski definition) is 0. The van der Waals surface area contributed by atoms with Crippen molar-refractivity contribution in [2.75, 3.05) is 12.9 Å². The summed E-state index contributed by atoms with van der Waals surface area (Å²) in [6.45, 7) is 3.84. The van der Waals surface area contributed by atoms with Crippen LogP contribution in [0.25, 0.3) is 0 Å². The molecule has 0 spiro atoms. The van der Waals surface area contributed by atoms with Gasteiger partial charge in [-0.15, -0.1) is 0 Å². The van der Waals surface area contributed by atoms with Gasteiger partial charge >= 0.3 is 5.97 Å². The summed E-state index contributed by atoms with van der Waals surface area (Å²) in [6, 6.07) is 0. The molecule has 1 fully saturated rings. The Balaban J connectivity index is 2.32. The summed E-state index contributed by atoms with van der Waals surface area (Å²) in [5.41, 5.74) is 0.125. The number of methoxy groups -OCH3 is 1. The molecular weight excluding hydrogens is 224 g/mol. The Morgan fingerprint density at radius 1 is 1.44 bits per heavy atom. The molecule has 16 heavy (non-hydrogen) atoms. The van der Waals surface area contributed by atoms with E-state index in [-0.39, 0.29) is 16.6 Å². The maximum absolute atomic E-state index is 11.4. The molecule has 0 bridgehead atoms. The van der Waals surface area contributed by atoms with Crippen LogP contribution in [0.2, 0.25) is 0 Å². The number of carbonyl (C=O) groups is 2. The summed E-state index contributed by atoms with van der Waals surface area (Å²) in [5.74, 6) is 1.06. The van der Waals surface area contributed by atoms with Crippen LogP contribution >= 0.6 is 11.8 Å². The molecule has 4 heteroatoms. The van der Waals surface area contributed by atoms with Gasteiger partial charge in [0.1, 0.15) is 5.78 Å². The molecule has 1 aliphatic rings. The molecule has 1 aliphatic carbocycles. The van der Waals surface area contributed by atoms with Crippen molar-refractivity contribution in [1.29, 1.82) is 0 Å². The van der Waals surface area contributed by atoms with Crippen molar-refractivity contribution in [3.63, 3.8) is 0 Å². The van der Waals surface area contributed by atoms with Gasteiger partial charge in [0.25, 0.3) is 0 Å². The highest BCUT2D eigenvalue weighted by Gasteiger charge is 2.44. The molecule has 1 atom stereocenters.